The quantitative estimate of drug-likeness (QED) is 0.875. The largest absolute Gasteiger partial charge is 0.349 e. The molecule has 1 saturated heterocycles. The number of carbonyl (C=O) groups is 1. The summed E-state index contributed by atoms with van der Waals surface area (Å²) in [6.45, 7) is 4.76. The summed E-state index contributed by atoms with van der Waals surface area (Å²) in [6, 6.07) is 2.32. The Bertz CT molecular complexity index is 410. The highest BCUT2D eigenvalue weighted by Crippen LogP contribution is 2.15. The monoisotopic (exact) mass is 313 g/mol. The number of nitrogens with zero attached hydrogens (tertiary/aromatic N) is 1. The zero-order valence-electron chi connectivity index (χ0n) is 10.7. The van der Waals surface area contributed by atoms with Gasteiger partial charge in [0.1, 0.15) is 5.69 Å². The smallest absolute Gasteiger partial charge is 0.268 e. The second kappa shape index (κ2) is 6.38. The van der Waals surface area contributed by atoms with Crippen LogP contribution in [-0.2, 0) is 6.54 Å². The lowest BCUT2D eigenvalue weighted by atomic mass is 10.2. The molecule has 2 N–H and O–H groups in total. The Kier molecular flexibility index (Phi) is 4.83. The molecule has 0 radical (unpaired) electrons. The molecule has 2 rings (SSSR count). The Morgan fingerprint density at radius 3 is 3.17 bits per heavy atom. The van der Waals surface area contributed by atoms with Gasteiger partial charge in [-0.25, -0.2) is 0 Å². The summed E-state index contributed by atoms with van der Waals surface area (Å²) in [4.78, 5) is 12.1. The maximum absolute atomic E-state index is 12.1. The maximum atomic E-state index is 12.1. The third kappa shape index (κ3) is 3.36. The fraction of sp³-hybridized carbons (Fsp3) is 0.615. The second-order valence-electron chi connectivity index (χ2n) is 4.74. The molecule has 1 atom stereocenters. The Labute approximate surface area is 116 Å². The molecule has 1 aliphatic heterocycles. The lowest BCUT2D eigenvalue weighted by molar-refractivity contribution is 0.0941. The second-order valence-corrected chi connectivity index (χ2v) is 5.66. The highest BCUT2D eigenvalue weighted by Gasteiger charge is 2.17. The molecule has 1 amide bonds. The van der Waals surface area contributed by atoms with E-state index in [1.54, 1.807) is 0 Å². The summed E-state index contributed by atoms with van der Waals surface area (Å²) < 4.78 is 2.96. The first-order chi connectivity index (χ1) is 8.70. The van der Waals surface area contributed by atoms with Gasteiger partial charge >= 0.3 is 0 Å². The molecule has 1 unspecified atom stereocenters. The van der Waals surface area contributed by atoms with Gasteiger partial charge in [0, 0.05) is 29.8 Å². The van der Waals surface area contributed by atoms with Crippen molar-refractivity contribution in [2.75, 3.05) is 13.1 Å². The summed E-state index contributed by atoms with van der Waals surface area (Å²) in [7, 11) is 0. The number of aryl methyl sites for hydroxylation is 1. The molecular formula is C13H20BrN3O. The number of amides is 1. The van der Waals surface area contributed by atoms with E-state index in [1.165, 1.54) is 6.42 Å². The third-order valence-corrected chi connectivity index (χ3v) is 3.67. The molecule has 0 aromatic carbocycles. The Morgan fingerprint density at radius 1 is 1.67 bits per heavy atom. The van der Waals surface area contributed by atoms with Gasteiger partial charge in [-0.2, -0.15) is 0 Å². The van der Waals surface area contributed by atoms with Crippen molar-refractivity contribution < 1.29 is 4.79 Å². The first-order valence-electron chi connectivity index (χ1n) is 6.58. The molecule has 18 heavy (non-hydrogen) atoms. The minimum absolute atomic E-state index is 0.0165. The van der Waals surface area contributed by atoms with Crippen LogP contribution in [-0.4, -0.2) is 29.6 Å². The first kappa shape index (κ1) is 13.6. The maximum Gasteiger partial charge on any atom is 0.268 e. The van der Waals surface area contributed by atoms with E-state index in [4.69, 9.17) is 0 Å². The van der Waals surface area contributed by atoms with Crippen molar-refractivity contribution in [3.8, 4) is 0 Å². The van der Waals surface area contributed by atoms with Gasteiger partial charge in [-0.1, -0.05) is 6.92 Å². The van der Waals surface area contributed by atoms with Crippen molar-refractivity contribution in [3.63, 3.8) is 0 Å². The van der Waals surface area contributed by atoms with Crippen LogP contribution in [0.25, 0.3) is 0 Å². The summed E-state index contributed by atoms with van der Waals surface area (Å²) in [5.41, 5.74) is 0.738. The van der Waals surface area contributed by atoms with Crippen LogP contribution in [0, 0.1) is 0 Å². The number of hydrogen-bond donors (Lipinski definition) is 2. The third-order valence-electron chi connectivity index (χ3n) is 3.23. The number of carbonyl (C=O) groups excluding carboxylic acids is 1. The fourth-order valence-electron chi connectivity index (χ4n) is 2.33. The van der Waals surface area contributed by atoms with Gasteiger partial charge in [0.05, 0.1) is 0 Å². The fourth-order valence-corrected chi connectivity index (χ4v) is 2.79. The zero-order valence-corrected chi connectivity index (χ0v) is 12.3. The molecule has 100 valence electrons. The summed E-state index contributed by atoms with van der Waals surface area (Å²) >= 11 is 3.43. The normalized spacial score (nSPS) is 19.1. The van der Waals surface area contributed by atoms with E-state index in [0.29, 0.717) is 12.6 Å². The van der Waals surface area contributed by atoms with Gasteiger partial charge in [0.25, 0.3) is 5.91 Å². The Morgan fingerprint density at radius 2 is 2.50 bits per heavy atom. The number of aromatic nitrogens is 1. The molecule has 0 bridgehead atoms. The number of halogens is 1. The summed E-state index contributed by atoms with van der Waals surface area (Å²) in [6.07, 6.45) is 5.34. The molecule has 1 aliphatic rings. The molecule has 0 spiro atoms. The van der Waals surface area contributed by atoms with Crippen molar-refractivity contribution in [1.29, 1.82) is 0 Å². The van der Waals surface area contributed by atoms with E-state index < -0.39 is 0 Å². The van der Waals surface area contributed by atoms with Crippen LogP contribution >= 0.6 is 15.9 Å². The highest BCUT2D eigenvalue weighted by atomic mass is 79.9. The predicted octanol–water partition coefficient (Wildman–Crippen LogP) is 2.14. The van der Waals surface area contributed by atoms with Gasteiger partial charge in [0.15, 0.2) is 0 Å². The van der Waals surface area contributed by atoms with Crippen LogP contribution in [0.15, 0.2) is 16.7 Å². The highest BCUT2D eigenvalue weighted by molar-refractivity contribution is 9.10. The van der Waals surface area contributed by atoms with E-state index in [1.807, 2.05) is 16.8 Å². The molecule has 2 heterocycles. The lowest BCUT2D eigenvalue weighted by Crippen LogP contribution is -2.37. The van der Waals surface area contributed by atoms with Gasteiger partial charge in [-0.3, -0.25) is 4.79 Å². The SMILES string of the molecule is CCCn1cc(Br)cc1C(=O)NCC1CCCN1. The standard InChI is InChI=1S/C13H20BrN3O/c1-2-6-17-9-10(14)7-12(17)13(18)16-8-11-4-3-5-15-11/h7,9,11,15H,2-6,8H2,1H3,(H,16,18). The van der Waals surface area contributed by atoms with Gasteiger partial charge < -0.3 is 15.2 Å². The Balaban J connectivity index is 1.94. The number of hydrogen-bond acceptors (Lipinski definition) is 2. The zero-order chi connectivity index (χ0) is 13.0. The average molecular weight is 314 g/mol. The van der Waals surface area contributed by atoms with E-state index in [2.05, 4.69) is 33.5 Å². The van der Waals surface area contributed by atoms with Gasteiger partial charge in [-0.15, -0.1) is 0 Å². The summed E-state index contributed by atoms with van der Waals surface area (Å²) in [5.74, 6) is 0.0165. The van der Waals surface area contributed by atoms with Crippen LogP contribution in [0.5, 0.6) is 0 Å². The minimum Gasteiger partial charge on any atom is -0.349 e. The molecule has 4 nitrogen and oxygen atoms in total. The molecule has 1 aromatic heterocycles. The minimum atomic E-state index is 0.0165. The van der Waals surface area contributed by atoms with Crippen LogP contribution in [0.2, 0.25) is 0 Å². The van der Waals surface area contributed by atoms with E-state index in [-0.39, 0.29) is 5.91 Å². The van der Waals surface area contributed by atoms with Gasteiger partial charge in [0.2, 0.25) is 0 Å². The molecule has 0 aliphatic carbocycles. The predicted molar refractivity (Wildman–Crippen MR) is 75.8 cm³/mol. The van der Waals surface area contributed by atoms with Crippen molar-refractivity contribution in [1.82, 2.24) is 15.2 Å². The van der Waals surface area contributed by atoms with E-state index in [9.17, 15) is 4.79 Å². The van der Waals surface area contributed by atoms with Crippen LogP contribution < -0.4 is 10.6 Å². The molecule has 0 saturated carbocycles. The lowest BCUT2D eigenvalue weighted by Gasteiger charge is -2.12. The Hall–Kier alpha value is -0.810. The van der Waals surface area contributed by atoms with E-state index >= 15 is 0 Å². The van der Waals surface area contributed by atoms with Crippen molar-refractivity contribution in [2.45, 2.75) is 38.8 Å². The van der Waals surface area contributed by atoms with Crippen molar-refractivity contribution in [3.05, 3.63) is 22.4 Å². The van der Waals surface area contributed by atoms with Crippen molar-refractivity contribution >= 4 is 21.8 Å². The van der Waals surface area contributed by atoms with Gasteiger partial charge in [-0.05, 0) is 47.8 Å². The van der Waals surface area contributed by atoms with Crippen LogP contribution in [0.1, 0.15) is 36.7 Å². The number of rotatable bonds is 5. The van der Waals surface area contributed by atoms with Crippen LogP contribution in [0.4, 0.5) is 0 Å². The topological polar surface area (TPSA) is 46.1 Å². The number of nitrogens with one attached hydrogen (secondary N) is 2. The molecule has 5 heteroatoms. The average Bonchev–Trinajstić information content (AvgIpc) is 2.96. The van der Waals surface area contributed by atoms with Crippen LogP contribution in [0.3, 0.4) is 0 Å². The molecule has 1 fully saturated rings. The van der Waals surface area contributed by atoms with E-state index in [0.717, 1.165) is 36.1 Å². The summed E-state index contributed by atoms with van der Waals surface area (Å²) in [5, 5.41) is 6.39. The molecular weight excluding hydrogens is 294 g/mol. The van der Waals surface area contributed by atoms with Crippen molar-refractivity contribution in [2.24, 2.45) is 0 Å². The molecule has 1 aromatic rings. The first-order valence-corrected chi connectivity index (χ1v) is 7.37.